The molecule has 0 aromatic carbocycles. The highest BCUT2D eigenvalue weighted by Gasteiger charge is 2.22. The van der Waals surface area contributed by atoms with Gasteiger partial charge in [0.05, 0.1) is 27.7 Å². The summed E-state index contributed by atoms with van der Waals surface area (Å²) >= 11 is 0. The van der Waals surface area contributed by atoms with E-state index in [4.69, 9.17) is 18.5 Å². The van der Waals surface area contributed by atoms with Crippen LogP contribution >= 0.6 is 7.82 Å². The molecule has 9 nitrogen and oxygen atoms in total. The van der Waals surface area contributed by atoms with Crippen molar-refractivity contribution in [2.75, 3.05) is 47.5 Å². The molecule has 0 aliphatic rings. The summed E-state index contributed by atoms with van der Waals surface area (Å²) in [6.45, 7) is 4.16. The Morgan fingerprint density at radius 3 is 0.811 bits per heavy atom. The molecule has 2 unspecified atom stereocenters. The Labute approximate surface area is 657 Å². The summed E-state index contributed by atoms with van der Waals surface area (Å²) < 4.78 is 34.5. The van der Waals surface area contributed by atoms with Gasteiger partial charge in [0, 0.05) is 12.8 Å². The third kappa shape index (κ3) is 89.0. The van der Waals surface area contributed by atoms with Gasteiger partial charge in [-0.15, -0.1) is 0 Å². The van der Waals surface area contributed by atoms with Gasteiger partial charge in [-0.25, -0.2) is 0 Å². The number of ether oxygens (including phenoxy) is 2. The Hall–Kier alpha value is -3.85. The van der Waals surface area contributed by atoms with E-state index in [0.29, 0.717) is 17.4 Å². The topological polar surface area (TPSA) is 111 Å². The van der Waals surface area contributed by atoms with Gasteiger partial charge in [0.25, 0.3) is 7.82 Å². The fourth-order valence-electron chi connectivity index (χ4n) is 12.9. The van der Waals surface area contributed by atoms with Gasteiger partial charge >= 0.3 is 11.9 Å². The van der Waals surface area contributed by atoms with Crippen LogP contribution in [0.4, 0.5) is 0 Å². The van der Waals surface area contributed by atoms with Crippen LogP contribution in [-0.4, -0.2) is 70.0 Å². The van der Waals surface area contributed by atoms with Gasteiger partial charge in [-0.2, -0.15) is 0 Å². The van der Waals surface area contributed by atoms with Crippen LogP contribution in [0.5, 0.6) is 0 Å². The number of likely N-dealkylation sites (N-methyl/N-ethyl adjacent to an activating group) is 1. The maximum absolute atomic E-state index is 12.9. The zero-order valence-corrected chi connectivity index (χ0v) is 71.0. The van der Waals surface area contributed by atoms with Crippen molar-refractivity contribution < 1.29 is 42.1 Å². The third-order valence-electron chi connectivity index (χ3n) is 19.7. The summed E-state index contributed by atoms with van der Waals surface area (Å²) in [6, 6.07) is 0. The van der Waals surface area contributed by atoms with Gasteiger partial charge in [0.2, 0.25) is 0 Å². The Balaban J connectivity index is 3.93. The van der Waals surface area contributed by atoms with Crippen LogP contribution in [0.1, 0.15) is 412 Å². The summed E-state index contributed by atoms with van der Waals surface area (Å²) in [6.07, 6.45) is 125. The Morgan fingerprint density at radius 1 is 0.302 bits per heavy atom. The van der Waals surface area contributed by atoms with E-state index in [1.807, 2.05) is 21.1 Å². The predicted octanol–water partition coefficient (Wildman–Crippen LogP) is 30.0. The number of nitrogens with zero attached hydrogens (tertiary/aromatic N) is 1. The first-order valence-corrected chi connectivity index (χ1v) is 46.4. The molecule has 0 spiro atoms. The number of allylic oxidation sites excluding steroid dienone is 22. The van der Waals surface area contributed by atoms with Crippen LogP contribution in [0.25, 0.3) is 0 Å². The van der Waals surface area contributed by atoms with Crippen LogP contribution in [0.2, 0.25) is 0 Å². The predicted molar refractivity (Wildman–Crippen MR) is 461 cm³/mol. The van der Waals surface area contributed by atoms with Crippen molar-refractivity contribution >= 4 is 19.8 Å². The number of rotatable bonds is 83. The van der Waals surface area contributed by atoms with Crippen molar-refractivity contribution in [1.82, 2.24) is 0 Å². The number of phosphoric acid groups is 1. The van der Waals surface area contributed by atoms with Gasteiger partial charge < -0.3 is 27.9 Å². The Bertz CT molecular complexity index is 2260. The second-order valence-corrected chi connectivity index (χ2v) is 32.6. The van der Waals surface area contributed by atoms with Crippen LogP contribution in [0, 0.1) is 0 Å². The summed E-state index contributed by atoms with van der Waals surface area (Å²) in [7, 11) is 1.17. The lowest BCUT2D eigenvalue weighted by molar-refractivity contribution is -0.870. The number of carbonyl (C=O) groups is 2. The molecular weight excluding hydrogens is 1330 g/mol. The van der Waals surface area contributed by atoms with Crippen LogP contribution in [0.15, 0.2) is 134 Å². The molecule has 0 aliphatic carbocycles. The van der Waals surface area contributed by atoms with Crippen LogP contribution in [-0.2, 0) is 32.7 Å². The summed E-state index contributed by atoms with van der Waals surface area (Å²) in [4.78, 5) is 38.3. The molecular formula is C96H170NO8P. The van der Waals surface area contributed by atoms with Gasteiger partial charge in [-0.05, 0) is 116 Å². The molecule has 0 radical (unpaired) electrons. The van der Waals surface area contributed by atoms with Gasteiger partial charge in [0.1, 0.15) is 19.8 Å². The van der Waals surface area contributed by atoms with Gasteiger partial charge in [-0.3, -0.25) is 14.2 Å². The Morgan fingerprint density at radius 2 is 0.538 bits per heavy atom. The summed E-state index contributed by atoms with van der Waals surface area (Å²) in [5.41, 5.74) is 0. The summed E-state index contributed by atoms with van der Waals surface area (Å²) in [5.74, 6) is -0.827. The van der Waals surface area contributed by atoms with Crippen molar-refractivity contribution in [2.45, 2.75) is 418 Å². The van der Waals surface area contributed by atoms with E-state index in [9.17, 15) is 19.0 Å². The highest BCUT2D eigenvalue weighted by atomic mass is 31.2. The molecule has 612 valence electrons. The maximum atomic E-state index is 12.9. The highest BCUT2D eigenvalue weighted by molar-refractivity contribution is 7.45. The maximum Gasteiger partial charge on any atom is 0.306 e. The molecule has 0 saturated heterocycles. The van der Waals surface area contributed by atoms with Crippen molar-refractivity contribution in [3.05, 3.63) is 134 Å². The average Bonchev–Trinajstić information content (AvgIpc) is 0.908. The van der Waals surface area contributed by atoms with Crippen molar-refractivity contribution in [2.24, 2.45) is 0 Å². The molecule has 0 heterocycles. The molecule has 0 saturated carbocycles. The lowest BCUT2D eigenvalue weighted by Crippen LogP contribution is -2.37. The third-order valence-corrected chi connectivity index (χ3v) is 20.6. The van der Waals surface area contributed by atoms with E-state index in [0.717, 1.165) is 109 Å². The molecule has 0 aromatic rings. The SMILES string of the molecule is CC/C=C\C/C=C\C/C=C\C/C=C\C/C=C\C/C=C\C/C=C\C/C=C\C/C=C\C/C=C\CCCCCCCCCCCCC(=O)OC(COC(=O)CCCCCCCCCCCCCCCCCCCCCCCCCCCCCCC/C=C\CCCCCCCCCC)COP(=O)([O-])OCC[N+](C)(C)C. The number of carbonyl (C=O) groups excluding carboxylic acids is 2. The normalized spacial score (nSPS) is 13.6. The van der Waals surface area contributed by atoms with E-state index < -0.39 is 26.5 Å². The zero-order chi connectivity index (χ0) is 76.8. The van der Waals surface area contributed by atoms with E-state index in [1.165, 1.54) is 270 Å². The lowest BCUT2D eigenvalue weighted by atomic mass is 10.0. The van der Waals surface area contributed by atoms with Gasteiger partial charge in [-0.1, -0.05) is 417 Å². The van der Waals surface area contributed by atoms with E-state index >= 15 is 0 Å². The number of hydrogen-bond acceptors (Lipinski definition) is 8. The van der Waals surface area contributed by atoms with Crippen molar-refractivity contribution in [3.8, 4) is 0 Å². The van der Waals surface area contributed by atoms with E-state index in [2.05, 4.69) is 148 Å². The number of quaternary nitrogens is 1. The quantitative estimate of drug-likeness (QED) is 0.0195. The molecule has 0 amide bonds. The fourth-order valence-corrected chi connectivity index (χ4v) is 13.6. The molecule has 0 aliphatic heterocycles. The molecule has 0 rings (SSSR count). The number of unbranched alkanes of at least 4 members (excludes halogenated alkanes) is 47. The van der Waals surface area contributed by atoms with E-state index in [-0.39, 0.29) is 32.0 Å². The Kier molecular flexibility index (Phi) is 82.1. The first-order valence-electron chi connectivity index (χ1n) is 44.9. The molecule has 0 N–H and O–H groups in total. The second-order valence-electron chi connectivity index (χ2n) is 31.2. The first-order chi connectivity index (χ1) is 52.0. The molecule has 10 heteroatoms. The largest absolute Gasteiger partial charge is 0.756 e. The highest BCUT2D eigenvalue weighted by Crippen LogP contribution is 2.38. The number of phosphoric ester groups is 1. The van der Waals surface area contributed by atoms with Crippen LogP contribution in [0.3, 0.4) is 0 Å². The molecule has 0 bridgehead atoms. The average molecular weight is 1500 g/mol. The minimum atomic E-state index is -4.66. The zero-order valence-electron chi connectivity index (χ0n) is 70.1. The molecule has 0 aromatic heterocycles. The fraction of sp³-hybridized carbons (Fsp3) is 0.750. The minimum Gasteiger partial charge on any atom is -0.756 e. The van der Waals surface area contributed by atoms with Crippen molar-refractivity contribution in [1.29, 1.82) is 0 Å². The monoisotopic (exact) mass is 1500 g/mol. The van der Waals surface area contributed by atoms with Gasteiger partial charge in [0.15, 0.2) is 6.10 Å². The number of esters is 2. The first kappa shape index (κ1) is 102. The molecule has 0 fully saturated rings. The summed E-state index contributed by atoms with van der Waals surface area (Å²) in [5, 5.41) is 0. The van der Waals surface area contributed by atoms with E-state index in [1.54, 1.807) is 0 Å². The number of hydrogen-bond donors (Lipinski definition) is 0. The lowest BCUT2D eigenvalue weighted by Gasteiger charge is -2.28. The second kappa shape index (κ2) is 85.2. The molecule has 2 atom stereocenters. The smallest absolute Gasteiger partial charge is 0.306 e. The minimum absolute atomic E-state index is 0.0350. The standard InChI is InChI=1S/C96H170NO8P/c1-6-8-10-12-14-16-18-20-22-24-26-28-30-32-34-36-38-40-42-44-46-48-50-52-54-56-58-60-62-64-66-68-70-72-74-76-78-80-82-84-86-88-95(98)102-92-94(93-104-106(100,101)103-91-90-97(3,4)5)105-96(99)89-87-85-83-81-79-77-75-73-71-69-67-65-63-61-59-57-55-53-51-49-47-45-43-41-39-37-35-33-31-29-27-25-23-21-19-17-15-13-11-9-7-2/h9,11,15,17,21,23-24,26-27,29,33,35,39,41,45,47,51,53,57,59,63,65,94H,6-8,10,12-14,16,18-20,22,25,28,30-32,34,36-38,40,42-44,46,48-50,52,54-56,58,60-62,64,66-93H2,1-5H3/b11-9-,17-15-,23-21-,26-24-,29-27-,35-33-,41-39-,47-45-,53-51-,59-57-,65-63-. The van der Waals surface area contributed by atoms with Crippen molar-refractivity contribution in [3.63, 3.8) is 0 Å². The molecule has 106 heavy (non-hydrogen) atoms. The van der Waals surface area contributed by atoms with Crippen LogP contribution < -0.4 is 4.89 Å².